The number of alkyl halides is 7. The summed E-state index contributed by atoms with van der Waals surface area (Å²) in [6.45, 7) is -1.64. The number of halogens is 7. The molecule has 0 aliphatic carbocycles. The number of hydrogen-bond acceptors (Lipinski definition) is 3. The molecule has 0 unspecified atom stereocenters. The van der Waals surface area contributed by atoms with E-state index in [2.05, 4.69) is 14.5 Å². The predicted octanol–water partition coefficient (Wildman–Crippen LogP) is 3.48. The molecular formula is C9H6F7NO2. The zero-order chi connectivity index (χ0) is 14.8. The maximum absolute atomic E-state index is 12.7. The highest BCUT2D eigenvalue weighted by Crippen LogP contribution is 2.41. The highest BCUT2D eigenvalue weighted by molar-refractivity contribution is 5.46. The quantitative estimate of drug-likeness (QED) is 0.800. The summed E-state index contributed by atoms with van der Waals surface area (Å²) in [5.41, 5.74) is -2.64. The summed E-state index contributed by atoms with van der Waals surface area (Å²) in [6.07, 6.45) is -10.0. The van der Waals surface area contributed by atoms with Crippen molar-refractivity contribution >= 4 is 0 Å². The Morgan fingerprint density at radius 3 is 2.11 bits per heavy atom. The van der Waals surface area contributed by atoms with Crippen LogP contribution in [0.25, 0.3) is 0 Å². The van der Waals surface area contributed by atoms with Crippen LogP contribution in [0.3, 0.4) is 0 Å². The molecule has 1 rings (SSSR count). The average molecular weight is 293 g/mol. The lowest BCUT2D eigenvalue weighted by Gasteiger charge is -2.17. The van der Waals surface area contributed by atoms with Crippen molar-refractivity contribution in [1.29, 1.82) is 0 Å². The lowest BCUT2D eigenvalue weighted by atomic mass is 10.2. The van der Waals surface area contributed by atoms with Crippen LogP contribution in [-0.2, 0) is 12.9 Å². The monoisotopic (exact) mass is 293 g/mol. The largest absolute Gasteiger partial charge is 0.573 e. The van der Waals surface area contributed by atoms with Gasteiger partial charge in [-0.05, 0) is 0 Å². The molecule has 0 aromatic carbocycles. The standard InChI is InChI=1S/C9H6F7NO2/c1-18-6-4(2-10)5(19-9(14,15)16)3-17-7(6)8(11,12)13/h3H,2H2,1H3. The molecule has 1 aromatic rings. The van der Waals surface area contributed by atoms with Gasteiger partial charge in [0.2, 0.25) is 0 Å². The summed E-state index contributed by atoms with van der Waals surface area (Å²) < 4.78 is 93.8. The van der Waals surface area contributed by atoms with Gasteiger partial charge in [-0.25, -0.2) is 9.37 Å². The van der Waals surface area contributed by atoms with Crippen LogP contribution in [0.1, 0.15) is 11.3 Å². The first-order chi connectivity index (χ1) is 8.60. The van der Waals surface area contributed by atoms with Gasteiger partial charge >= 0.3 is 12.5 Å². The summed E-state index contributed by atoms with van der Waals surface area (Å²) in [5.74, 6) is -2.32. The molecular weight excluding hydrogens is 287 g/mol. The maximum Gasteiger partial charge on any atom is 0.573 e. The number of nitrogens with zero attached hydrogens (tertiary/aromatic N) is 1. The second-order valence-electron chi connectivity index (χ2n) is 3.16. The Balaban J connectivity index is 3.39. The number of pyridine rings is 1. The molecule has 0 spiro atoms. The van der Waals surface area contributed by atoms with Crippen molar-refractivity contribution in [2.75, 3.05) is 7.11 Å². The molecule has 19 heavy (non-hydrogen) atoms. The molecule has 10 heteroatoms. The molecule has 0 saturated carbocycles. The third-order valence-corrected chi connectivity index (χ3v) is 1.93. The second kappa shape index (κ2) is 5.10. The molecule has 0 amide bonds. The van der Waals surface area contributed by atoms with Gasteiger partial charge in [-0.15, -0.1) is 13.2 Å². The molecule has 0 bridgehead atoms. The van der Waals surface area contributed by atoms with Crippen molar-refractivity contribution in [2.24, 2.45) is 0 Å². The van der Waals surface area contributed by atoms with Gasteiger partial charge in [0.1, 0.15) is 6.67 Å². The molecule has 3 nitrogen and oxygen atoms in total. The molecule has 0 radical (unpaired) electrons. The first-order valence-corrected chi connectivity index (χ1v) is 4.55. The van der Waals surface area contributed by atoms with E-state index >= 15 is 0 Å². The van der Waals surface area contributed by atoms with E-state index in [4.69, 9.17) is 0 Å². The van der Waals surface area contributed by atoms with Crippen LogP contribution in [0.4, 0.5) is 30.7 Å². The molecule has 0 aliphatic rings. The summed E-state index contributed by atoms with van der Waals surface area (Å²) in [7, 11) is 0.753. The van der Waals surface area contributed by atoms with Gasteiger partial charge in [-0.2, -0.15) is 13.2 Å². The Labute approximate surface area is 101 Å². The molecule has 0 fully saturated rings. The lowest BCUT2D eigenvalue weighted by Crippen LogP contribution is -2.20. The van der Waals surface area contributed by atoms with Crippen LogP contribution in [0.15, 0.2) is 6.20 Å². The van der Waals surface area contributed by atoms with Crippen molar-refractivity contribution in [3.8, 4) is 11.5 Å². The van der Waals surface area contributed by atoms with Crippen molar-refractivity contribution in [3.05, 3.63) is 17.5 Å². The molecule has 0 saturated heterocycles. The minimum atomic E-state index is -5.18. The fourth-order valence-corrected chi connectivity index (χ4v) is 1.28. The van der Waals surface area contributed by atoms with Crippen molar-refractivity contribution < 1.29 is 40.2 Å². The highest BCUT2D eigenvalue weighted by atomic mass is 19.4. The Bertz CT molecular complexity index is 455. The first kappa shape index (κ1) is 15.3. The van der Waals surface area contributed by atoms with E-state index in [-0.39, 0.29) is 6.20 Å². The number of ether oxygens (including phenoxy) is 2. The Morgan fingerprint density at radius 2 is 1.74 bits per heavy atom. The van der Waals surface area contributed by atoms with E-state index in [0.717, 1.165) is 7.11 Å². The van der Waals surface area contributed by atoms with Gasteiger partial charge < -0.3 is 9.47 Å². The predicted molar refractivity (Wildman–Crippen MR) is 47.3 cm³/mol. The molecule has 108 valence electrons. The zero-order valence-electron chi connectivity index (χ0n) is 9.19. The van der Waals surface area contributed by atoms with E-state index in [0.29, 0.717) is 0 Å². The van der Waals surface area contributed by atoms with Gasteiger partial charge in [-0.1, -0.05) is 0 Å². The summed E-state index contributed by atoms with van der Waals surface area (Å²) in [5, 5.41) is 0. The molecule has 0 aliphatic heterocycles. The summed E-state index contributed by atoms with van der Waals surface area (Å²) >= 11 is 0. The van der Waals surface area contributed by atoms with Crippen molar-refractivity contribution in [2.45, 2.75) is 19.2 Å². The highest BCUT2D eigenvalue weighted by Gasteiger charge is 2.40. The van der Waals surface area contributed by atoms with Crippen LogP contribution in [0.2, 0.25) is 0 Å². The topological polar surface area (TPSA) is 31.4 Å². The SMILES string of the molecule is COc1c(C(F)(F)F)ncc(OC(F)(F)F)c1CF. The van der Waals surface area contributed by atoms with E-state index in [1.807, 2.05) is 0 Å². The Kier molecular flexibility index (Phi) is 4.11. The summed E-state index contributed by atoms with van der Waals surface area (Å²) in [6, 6.07) is 0. The Hall–Kier alpha value is -1.74. The van der Waals surface area contributed by atoms with Gasteiger partial charge in [0.25, 0.3) is 0 Å². The van der Waals surface area contributed by atoms with Crippen LogP contribution in [0.5, 0.6) is 11.5 Å². The van der Waals surface area contributed by atoms with E-state index < -0.39 is 42.0 Å². The molecule has 0 N–H and O–H groups in total. The number of hydrogen-bond donors (Lipinski definition) is 0. The van der Waals surface area contributed by atoms with Crippen molar-refractivity contribution in [1.82, 2.24) is 4.98 Å². The average Bonchev–Trinajstić information content (AvgIpc) is 2.24. The van der Waals surface area contributed by atoms with Gasteiger partial charge in [0.15, 0.2) is 17.2 Å². The van der Waals surface area contributed by atoms with E-state index in [9.17, 15) is 30.7 Å². The number of rotatable bonds is 3. The molecule has 0 atom stereocenters. The van der Waals surface area contributed by atoms with Crippen LogP contribution < -0.4 is 9.47 Å². The number of methoxy groups -OCH3 is 1. The summed E-state index contributed by atoms with van der Waals surface area (Å²) in [4.78, 5) is 2.77. The van der Waals surface area contributed by atoms with Crippen molar-refractivity contribution in [3.63, 3.8) is 0 Å². The maximum atomic E-state index is 12.7. The van der Waals surface area contributed by atoms with Gasteiger partial charge in [0.05, 0.1) is 18.9 Å². The smallest absolute Gasteiger partial charge is 0.494 e. The fourth-order valence-electron chi connectivity index (χ4n) is 1.28. The lowest BCUT2D eigenvalue weighted by molar-refractivity contribution is -0.275. The minimum Gasteiger partial charge on any atom is -0.494 e. The van der Waals surface area contributed by atoms with Crippen LogP contribution in [0, 0.1) is 0 Å². The zero-order valence-corrected chi connectivity index (χ0v) is 9.19. The van der Waals surface area contributed by atoms with Gasteiger partial charge in [-0.3, -0.25) is 0 Å². The molecule has 1 heterocycles. The minimum absolute atomic E-state index is 0.147. The fraction of sp³-hybridized carbons (Fsp3) is 0.444. The molecule has 1 aromatic heterocycles. The third kappa shape index (κ3) is 3.61. The third-order valence-electron chi connectivity index (χ3n) is 1.93. The Morgan fingerprint density at radius 1 is 1.16 bits per heavy atom. The van der Waals surface area contributed by atoms with Crippen LogP contribution >= 0.6 is 0 Å². The second-order valence-corrected chi connectivity index (χ2v) is 3.16. The first-order valence-electron chi connectivity index (χ1n) is 4.55. The number of aromatic nitrogens is 1. The normalized spacial score (nSPS) is 12.4. The van der Waals surface area contributed by atoms with E-state index in [1.54, 1.807) is 0 Å². The van der Waals surface area contributed by atoms with Crippen LogP contribution in [-0.4, -0.2) is 18.5 Å². The van der Waals surface area contributed by atoms with E-state index in [1.165, 1.54) is 0 Å². The van der Waals surface area contributed by atoms with Gasteiger partial charge in [0, 0.05) is 0 Å².